The highest BCUT2D eigenvalue weighted by molar-refractivity contribution is 5.29. The smallest absolute Gasteiger partial charge is 0.119 e. The molecule has 0 amide bonds. The van der Waals surface area contributed by atoms with Crippen LogP contribution in [0.5, 0.6) is 5.75 Å². The van der Waals surface area contributed by atoms with Crippen molar-refractivity contribution in [1.29, 1.82) is 0 Å². The molecular formula is C18H29NO2. The van der Waals surface area contributed by atoms with E-state index in [4.69, 9.17) is 4.74 Å². The minimum absolute atomic E-state index is 0.394. The van der Waals surface area contributed by atoms with E-state index in [0.29, 0.717) is 12.5 Å². The van der Waals surface area contributed by atoms with Crippen LogP contribution in [0.2, 0.25) is 0 Å². The highest BCUT2D eigenvalue weighted by Crippen LogP contribution is 2.23. The maximum Gasteiger partial charge on any atom is 0.119 e. The number of likely N-dealkylation sites (tertiary alicyclic amines) is 1. The van der Waals surface area contributed by atoms with Crippen molar-refractivity contribution in [2.45, 2.75) is 45.6 Å². The van der Waals surface area contributed by atoms with Crippen LogP contribution >= 0.6 is 0 Å². The van der Waals surface area contributed by atoms with E-state index in [1.165, 1.54) is 32.4 Å². The minimum Gasteiger partial charge on any atom is -0.493 e. The van der Waals surface area contributed by atoms with Gasteiger partial charge in [0.05, 0.1) is 12.7 Å². The van der Waals surface area contributed by atoms with Gasteiger partial charge >= 0.3 is 0 Å². The molecule has 0 bridgehead atoms. The van der Waals surface area contributed by atoms with Crippen LogP contribution < -0.4 is 4.74 Å². The van der Waals surface area contributed by atoms with Gasteiger partial charge in [0, 0.05) is 6.54 Å². The van der Waals surface area contributed by atoms with Crippen molar-refractivity contribution in [3.63, 3.8) is 0 Å². The molecule has 0 spiro atoms. The lowest BCUT2D eigenvalue weighted by molar-refractivity contribution is 0.133. The van der Waals surface area contributed by atoms with Crippen LogP contribution in [-0.2, 0) is 0 Å². The molecular weight excluding hydrogens is 262 g/mol. The summed E-state index contributed by atoms with van der Waals surface area (Å²) in [6.07, 6.45) is 4.36. The van der Waals surface area contributed by atoms with E-state index in [1.54, 1.807) is 0 Å². The summed E-state index contributed by atoms with van der Waals surface area (Å²) >= 11 is 0. The lowest BCUT2D eigenvalue weighted by atomic mass is 10.0. The second kappa shape index (κ2) is 8.40. The third-order valence-electron chi connectivity index (χ3n) is 3.99. The van der Waals surface area contributed by atoms with Gasteiger partial charge in [0.15, 0.2) is 0 Å². The van der Waals surface area contributed by atoms with Gasteiger partial charge in [-0.2, -0.15) is 0 Å². The predicted octanol–water partition coefficient (Wildman–Crippen LogP) is 3.63. The van der Waals surface area contributed by atoms with Crippen LogP contribution in [0.15, 0.2) is 24.3 Å². The van der Waals surface area contributed by atoms with Crippen molar-refractivity contribution in [1.82, 2.24) is 4.90 Å². The third-order valence-corrected chi connectivity index (χ3v) is 3.99. The Morgan fingerprint density at radius 1 is 1.19 bits per heavy atom. The van der Waals surface area contributed by atoms with Crippen LogP contribution in [0.3, 0.4) is 0 Å². The van der Waals surface area contributed by atoms with Crippen molar-refractivity contribution in [2.24, 2.45) is 5.92 Å². The minimum atomic E-state index is -0.394. The molecule has 118 valence electrons. The van der Waals surface area contributed by atoms with E-state index in [0.717, 1.165) is 24.3 Å². The van der Waals surface area contributed by atoms with Crippen molar-refractivity contribution >= 4 is 0 Å². The molecule has 1 saturated heterocycles. The topological polar surface area (TPSA) is 32.7 Å². The van der Waals surface area contributed by atoms with Crippen molar-refractivity contribution in [3.8, 4) is 5.75 Å². The fourth-order valence-electron chi connectivity index (χ4n) is 2.73. The fraction of sp³-hybridized carbons (Fsp3) is 0.667. The summed E-state index contributed by atoms with van der Waals surface area (Å²) in [7, 11) is 0. The Kier molecular flexibility index (Phi) is 6.52. The number of benzene rings is 1. The van der Waals surface area contributed by atoms with Crippen LogP contribution in [-0.4, -0.2) is 36.2 Å². The Morgan fingerprint density at radius 2 is 1.95 bits per heavy atom. The van der Waals surface area contributed by atoms with E-state index in [2.05, 4.69) is 18.7 Å². The molecule has 3 nitrogen and oxygen atoms in total. The van der Waals surface area contributed by atoms with E-state index in [1.807, 2.05) is 24.3 Å². The molecule has 1 aliphatic heterocycles. The summed E-state index contributed by atoms with van der Waals surface area (Å²) in [5.74, 6) is 1.37. The van der Waals surface area contributed by atoms with E-state index in [-0.39, 0.29) is 0 Å². The Hall–Kier alpha value is -1.06. The maximum absolute atomic E-state index is 10.4. The molecule has 1 unspecified atom stereocenters. The van der Waals surface area contributed by atoms with Gasteiger partial charge in [-0.3, -0.25) is 0 Å². The Labute approximate surface area is 128 Å². The Balaban J connectivity index is 1.83. The zero-order chi connectivity index (χ0) is 15.1. The number of rotatable bonds is 7. The highest BCUT2D eigenvalue weighted by atomic mass is 16.5. The first kappa shape index (κ1) is 16.3. The van der Waals surface area contributed by atoms with E-state index < -0.39 is 6.10 Å². The number of aliphatic hydroxyl groups excluding tert-OH is 1. The van der Waals surface area contributed by atoms with Gasteiger partial charge in [-0.05, 0) is 56.0 Å². The molecule has 1 N–H and O–H groups in total. The number of ether oxygens (including phenoxy) is 1. The number of aliphatic hydroxyl groups is 1. The SMILES string of the molecule is CC(C)COc1cccc(C(O)CCN2CCCCC2)c1. The molecule has 1 fully saturated rings. The van der Waals surface area contributed by atoms with Crippen LogP contribution in [0.4, 0.5) is 0 Å². The summed E-state index contributed by atoms with van der Waals surface area (Å²) in [5.41, 5.74) is 0.966. The highest BCUT2D eigenvalue weighted by Gasteiger charge is 2.14. The molecule has 0 aromatic heterocycles. The average Bonchev–Trinajstić information content (AvgIpc) is 2.52. The molecule has 3 heteroatoms. The first-order chi connectivity index (χ1) is 10.1. The molecule has 0 saturated carbocycles. The summed E-state index contributed by atoms with van der Waals surface area (Å²) in [4.78, 5) is 2.46. The van der Waals surface area contributed by atoms with Crippen LogP contribution in [0, 0.1) is 5.92 Å². The van der Waals surface area contributed by atoms with Gasteiger partial charge in [0.1, 0.15) is 5.75 Å². The number of hydrogen-bond donors (Lipinski definition) is 1. The number of nitrogens with zero attached hydrogens (tertiary/aromatic N) is 1. The second-order valence-electron chi connectivity index (χ2n) is 6.48. The molecule has 1 aromatic carbocycles. The van der Waals surface area contributed by atoms with E-state index in [9.17, 15) is 5.11 Å². The number of piperidine rings is 1. The first-order valence-corrected chi connectivity index (χ1v) is 8.28. The quantitative estimate of drug-likeness (QED) is 0.832. The summed E-state index contributed by atoms with van der Waals surface area (Å²) in [6.45, 7) is 8.34. The molecule has 2 rings (SSSR count). The van der Waals surface area contributed by atoms with Crippen LogP contribution in [0.1, 0.15) is 51.2 Å². The summed E-state index contributed by atoms with van der Waals surface area (Å²) < 4.78 is 5.73. The summed E-state index contributed by atoms with van der Waals surface area (Å²) in [5, 5.41) is 10.4. The standard InChI is InChI=1S/C18H29NO2/c1-15(2)14-21-17-8-6-7-16(13-17)18(20)9-12-19-10-4-3-5-11-19/h6-8,13,15,18,20H,3-5,9-12,14H2,1-2H3. The maximum atomic E-state index is 10.4. The molecule has 0 radical (unpaired) electrons. The van der Waals surface area contributed by atoms with E-state index >= 15 is 0 Å². The zero-order valence-electron chi connectivity index (χ0n) is 13.4. The predicted molar refractivity (Wildman–Crippen MR) is 86.6 cm³/mol. The van der Waals surface area contributed by atoms with Gasteiger partial charge in [-0.1, -0.05) is 32.4 Å². The molecule has 0 aliphatic carbocycles. The molecule has 1 heterocycles. The van der Waals surface area contributed by atoms with Gasteiger partial charge < -0.3 is 14.7 Å². The van der Waals surface area contributed by atoms with Crippen molar-refractivity contribution < 1.29 is 9.84 Å². The number of hydrogen-bond acceptors (Lipinski definition) is 3. The largest absolute Gasteiger partial charge is 0.493 e. The first-order valence-electron chi connectivity index (χ1n) is 8.28. The second-order valence-corrected chi connectivity index (χ2v) is 6.48. The fourth-order valence-corrected chi connectivity index (χ4v) is 2.73. The normalized spacial score (nSPS) is 17.9. The van der Waals surface area contributed by atoms with Crippen molar-refractivity contribution in [2.75, 3.05) is 26.2 Å². The lowest BCUT2D eigenvalue weighted by Crippen LogP contribution is -2.31. The Bertz CT molecular complexity index is 413. The molecule has 1 aromatic rings. The Morgan fingerprint density at radius 3 is 2.67 bits per heavy atom. The van der Waals surface area contributed by atoms with Crippen molar-refractivity contribution in [3.05, 3.63) is 29.8 Å². The van der Waals surface area contributed by atoms with Gasteiger partial charge in [-0.25, -0.2) is 0 Å². The van der Waals surface area contributed by atoms with Gasteiger partial charge in [-0.15, -0.1) is 0 Å². The molecule has 21 heavy (non-hydrogen) atoms. The van der Waals surface area contributed by atoms with Gasteiger partial charge in [0.2, 0.25) is 0 Å². The van der Waals surface area contributed by atoms with Crippen LogP contribution in [0.25, 0.3) is 0 Å². The molecule has 1 aliphatic rings. The zero-order valence-corrected chi connectivity index (χ0v) is 13.4. The summed E-state index contributed by atoms with van der Waals surface area (Å²) in [6, 6.07) is 7.89. The average molecular weight is 291 g/mol. The third kappa shape index (κ3) is 5.68. The monoisotopic (exact) mass is 291 g/mol. The lowest BCUT2D eigenvalue weighted by Gasteiger charge is -2.27. The van der Waals surface area contributed by atoms with Gasteiger partial charge in [0.25, 0.3) is 0 Å². The molecule has 1 atom stereocenters.